The summed E-state index contributed by atoms with van der Waals surface area (Å²) >= 11 is 5.03. The van der Waals surface area contributed by atoms with Crippen LogP contribution in [0.3, 0.4) is 0 Å². The van der Waals surface area contributed by atoms with Crippen LogP contribution in [-0.4, -0.2) is 28.6 Å². The van der Waals surface area contributed by atoms with Crippen LogP contribution in [0.25, 0.3) is 17.0 Å². The average molecular weight is 408 g/mol. The molecule has 1 aromatic heterocycles. The van der Waals surface area contributed by atoms with Crippen LogP contribution >= 0.6 is 12.2 Å². The molecule has 29 heavy (non-hydrogen) atoms. The summed E-state index contributed by atoms with van der Waals surface area (Å²) in [5.41, 5.74) is 6.71. The van der Waals surface area contributed by atoms with Gasteiger partial charge in [0, 0.05) is 23.4 Å². The minimum Gasteiger partial charge on any atom is -0.496 e. The van der Waals surface area contributed by atoms with E-state index in [-0.39, 0.29) is 17.6 Å². The lowest BCUT2D eigenvalue weighted by molar-refractivity contribution is -0.122. The number of thiocarbonyl (C=S) groups is 1. The van der Waals surface area contributed by atoms with E-state index in [0.29, 0.717) is 5.75 Å². The largest absolute Gasteiger partial charge is 0.496 e. The van der Waals surface area contributed by atoms with Gasteiger partial charge in [0.15, 0.2) is 5.11 Å². The first-order valence-electron chi connectivity index (χ1n) is 8.81. The number of methoxy groups -OCH3 is 1. The lowest BCUT2D eigenvalue weighted by atomic mass is 10.2. The summed E-state index contributed by atoms with van der Waals surface area (Å²) < 4.78 is 7.05. The number of hydrogen-bond acceptors (Lipinski definition) is 4. The molecule has 148 valence electrons. The molecule has 1 heterocycles. The highest BCUT2D eigenvalue weighted by molar-refractivity contribution is 7.80. The second-order valence-electron chi connectivity index (χ2n) is 6.07. The number of aromatic nitrogens is 1. The zero-order valence-electron chi connectivity index (χ0n) is 15.7. The number of ether oxygens (including phenoxy) is 1. The van der Waals surface area contributed by atoms with E-state index < -0.39 is 5.91 Å². The number of amides is 2. The van der Waals surface area contributed by atoms with Crippen molar-refractivity contribution in [2.24, 2.45) is 0 Å². The Morgan fingerprint density at radius 3 is 2.66 bits per heavy atom. The number of nitrogens with zero attached hydrogens (tertiary/aromatic N) is 1. The van der Waals surface area contributed by atoms with Crippen molar-refractivity contribution in [1.82, 2.24) is 20.7 Å². The highest BCUT2D eigenvalue weighted by Crippen LogP contribution is 2.18. The molecule has 0 aliphatic rings. The summed E-state index contributed by atoms with van der Waals surface area (Å²) in [6.45, 7) is 0.116. The van der Waals surface area contributed by atoms with Crippen molar-refractivity contribution in [3.05, 3.63) is 72.4 Å². The van der Waals surface area contributed by atoms with Crippen molar-refractivity contribution >= 4 is 46.1 Å². The molecule has 3 N–H and O–H groups in total. The number of rotatable bonds is 5. The smallest absolute Gasteiger partial charge is 0.258 e. The van der Waals surface area contributed by atoms with Gasteiger partial charge in [0.25, 0.3) is 5.91 Å². The van der Waals surface area contributed by atoms with E-state index in [9.17, 15) is 9.59 Å². The maximum Gasteiger partial charge on any atom is 0.258 e. The molecule has 0 saturated carbocycles. The van der Waals surface area contributed by atoms with E-state index in [1.807, 2.05) is 59.3 Å². The Balaban J connectivity index is 1.47. The predicted octanol–water partition coefficient (Wildman–Crippen LogP) is 2.39. The molecule has 0 aliphatic heterocycles. The normalized spacial score (nSPS) is 10.7. The molecule has 0 spiro atoms. The third kappa shape index (κ3) is 5.43. The molecule has 0 unspecified atom stereocenters. The fourth-order valence-corrected chi connectivity index (χ4v) is 2.91. The molecule has 3 rings (SSSR count). The van der Waals surface area contributed by atoms with Gasteiger partial charge in [-0.05, 0) is 41.9 Å². The van der Waals surface area contributed by atoms with Gasteiger partial charge in [0.1, 0.15) is 12.3 Å². The van der Waals surface area contributed by atoms with E-state index >= 15 is 0 Å². The number of nitrogens with one attached hydrogen (secondary N) is 3. The minimum absolute atomic E-state index is 0.00890. The molecule has 7 nitrogen and oxygen atoms in total. The summed E-state index contributed by atoms with van der Waals surface area (Å²) in [5.74, 6) is -0.0753. The van der Waals surface area contributed by atoms with Gasteiger partial charge in [-0.15, -0.1) is 0 Å². The number of para-hydroxylation sites is 2. The Morgan fingerprint density at radius 2 is 1.83 bits per heavy atom. The number of benzene rings is 2. The molecule has 2 aromatic carbocycles. The van der Waals surface area contributed by atoms with E-state index in [2.05, 4.69) is 16.2 Å². The molecule has 0 fully saturated rings. The summed E-state index contributed by atoms with van der Waals surface area (Å²) in [6, 6.07) is 17.0. The van der Waals surface area contributed by atoms with Crippen LogP contribution in [0, 0.1) is 0 Å². The van der Waals surface area contributed by atoms with Crippen molar-refractivity contribution in [1.29, 1.82) is 0 Å². The standard InChI is InChI=1S/C21H20N4O3S/c1-28-18-9-5-3-7-16(18)10-11-19(26)22-21(29)24-23-20(27)14-25-13-12-15-6-2-4-8-17(15)25/h2-13H,14H2,1H3,(H,23,27)(H2,22,24,26,29)/b11-10+. The van der Waals surface area contributed by atoms with Gasteiger partial charge in [0.05, 0.1) is 7.11 Å². The first kappa shape index (κ1) is 20.1. The van der Waals surface area contributed by atoms with E-state index in [4.69, 9.17) is 17.0 Å². The predicted molar refractivity (Wildman–Crippen MR) is 116 cm³/mol. The van der Waals surface area contributed by atoms with Crippen molar-refractivity contribution in [2.45, 2.75) is 6.54 Å². The molecule has 0 bridgehead atoms. The van der Waals surface area contributed by atoms with Crippen LogP contribution in [0.15, 0.2) is 66.9 Å². The van der Waals surface area contributed by atoms with Gasteiger partial charge in [-0.25, -0.2) is 0 Å². The number of carbonyl (C=O) groups excluding carboxylic acids is 2. The summed E-state index contributed by atoms with van der Waals surface area (Å²) in [6.07, 6.45) is 4.79. The van der Waals surface area contributed by atoms with E-state index in [1.54, 1.807) is 19.3 Å². The monoisotopic (exact) mass is 408 g/mol. The lowest BCUT2D eigenvalue weighted by Gasteiger charge is -2.11. The highest BCUT2D eigenvalue weighted by Gasteiger charge is 2.07. The fraction of sp³-hybridized carbons (Fsp3) is 0.0952. The van der Waals surface area contributed by atoms with E-state index in [0.717, 1.165) is 16.5 Å². The molecule has 3 aromatic rings. The molecule has 8 heteroatoms. The van der Waals surface area contributed by atoms with Crippen LogP contribution in [-0.2, 0) is 16.1 Å². The Hall–Kier alpha value is -3.65. The average Bonchev–Trinajstić information content (AvgIpc) is 3.14. The molecule has 0 saturated heterocycles. The van der Waals surface area contributed by atoms with Crippen molar-refractivity contribution in [3.8, 4) is 5.75 Å². The second kappa shape index (κ2) is 9.52. The topological polar surface area (TPSA) is 84.4 Å². The third-order valence-electron chi connectivity index (χ3n) is 4.10. The molecule has 0 atom stereocenters. The maximum atomic E-state index is 12.1. The SMILES string of the molecule is COc1ccccc1/C=C/C(=O)NC(=S)NNC(=O)Cn1ccc2ccccc21. The Labute approximate surface area is 173 Å². The van der Waals surface area contributed by atoms with Gasteiger partial charge in [-0.3, -0.25) is 25.8 Å². The highest BCUT2D eigenvalue weighted by atomic mass is 32.1. The number of carbonyl (C=O) groups is 2. The molecule has 0 aliphatic carbocycles. The van der Waals surface area contributed by atoms with Crippen molar-refractivity contribution in [3.63, 3.8) is 0 Å². The van der Waals surface area contributed by atoms with Crippen LogP contribution < -0.4 is 20.9 Å². The van der Waals surface area contributed by atoms with Gasteiger partial charge in [-0.1, -0.05) is 36.4 Å². The van der Waals surface area contributed by atoms with Gasteiger partial charge < -0.3 is 9.30 Å². The van der Waals surface area contributed by atoms with Crippen LogP contribution in [0.5, 0.6) is 5.75 Å². The molecule has 0 radical (unpaired) electrons. The quantitative estimate of drug-likeness (QED) is 0.343. The van der Waals surface area contributed by atoms with Gasteiger partial charge >= 0.3 is 0 Å². The Bertz CT molecular complexity index is 1070. The van der Waals surface area contributed by atoms with Crippen LogP contribution in [0.4, 0.5) is 0 Å². The van der Waals surface area contributed by atoms with Gasteiger partial charge in [-0.2, -0.15) is 0 Å². The Morgan fingerprint density at radius 1 is 1.07 bits per heavy atom. The summed E-state index contributed by atoms with van der Waals surface area (Å²) in [7, 11) is 1.56. The molecule has 2 amide bonds. The lowest BCUT2D eigenvalue weighted by Crippen LogP contribution is -2.48. The van der Waals surface area contributed by atoms with Crippen molar-refractivity contribution in [2.75, 3.05) is 7.11 Å². The molecular weight excluding hydrogens is 388 g/mol. The fourth-order valence-electron chi connectivity index (χ4n) is 2.75. The second-order valence-corrected chi connectivity index (χ2v) is 6.48. The van der Waals surface area contributed by atoms with E-state index in [1.165, 1.54) is 6.08 Å². The zero-order valence-corrected chi connectivity index (χ0v) is 16.5. The number of hydrogen-bond donors (Lipinski definition) is 3. The molecular formula is C21H20N4O3S. The minimum atomic E-state index is -0.431. The first-order valence-corrected chi connectivity index (χ1v) is 9.22. The third-order valence-corrected chi connectivity index (χ3v) is 4.30. The van der Waals surface area contributed by atoms with Crippen LogP contribution in [0.2, 0.25) is 0 Å². The van der Waals surface area contributed by atoms with Crippen LogP contribution in [0.1, 0.15) is 5.56 Å². The zero-order chi connectivity index (χ0) is 20.6. The summed E-state index contributed by atoms with van der Waals surface area (Å²) in [5, 5.41) is 3.51. The van der Waals surface area contributed by atoms with Crippen molar-refractivity contribution < 1.29 is 14.3 Å². The maximum absolute atomic E-state index is 12.1. The Kier molecular flexibility index (Phi) is 6.59. The summed E-state index contributed by atoms with van der Waals surface area (Å²) in [4.78, 5) is 24.1. The first-order chi connectivity index (χ1) is 14.1. The van der Waals surface area contributed by atoms with Gasteiger partial charge in [0.2, 0.25) is 5.91 Å². The number of hydrazine groups is 1. The number of fused-ring (bicyclic) bond motifs is 1.